The van der Waals surface area contributed by atoms with E-state index in [1.54, 1.807) is 6.20 Å². The van der Waals surface area contributed by atoms with Crippen LogP contribution in [0.2, 0.25) is 0 Å². The maximum atomic E-state index is 11.8. The third kappa shape index (κ3) is 4.31. The molecular formula is C13H22N4O. The molecule has 2 unspecified atom stereocenters. The summed E-state index contributed by atoms with van der Waals surface area (Å²) in [6.07, 6.45) is 5.00. The molecular weight excluding hydrogens is 228 g/mol. The third-order valence-corrected chi connectivity index (χ3v) is 2.88. The lowest BCUT2D eigenvalue weighted by Gasteiger charge is -2.13. The Morgan fingerprint density at radius 1 is 1.17 bits per heavy atom. The smallest absolute Gasteiger partial charge is 0.271 e. The predicted octanol–water partition coefficient (Wildman–Crippen LogP) is 2.22. The van der Waals surface area contributed by atoms with Crippen molar-refractivity contribution in [3.05, 3.63) is 18.1 Å². The van der Waals surface area contributed by atoms with Crippen LogP contribution in [0, 0.1) is 0 Å². The fourth-order valence-electron chi connectivity index (χ4n) is 1.27. The number of nitrogens with zero attached hydrogens (tertiary/aromatic N) is 2. The molecule has 0 saturated carbocycles. The van der Waals surface area contributed by atoms with Crippen molar-refractivity contribution in [3.63, 3.8) is 0 Å². The summed E-state index contributed by atoms with van der Waals surface area (Å²) in [6, 6.07) is 0.497. The lowest BCUT2D eigenvalue weighted by atomic mass is 10.2. The van der Waals surface area contributed by atoms with Crippen LogP contribution < -0.4 is 10.6 Å². The lowest BCUT2D eigenvalue weighted by Crippen LogP contribution is -2.32. The Hall–Kier alpha value is -1.65. The zero-order valence-electron chi connectivity index (χ0n) is 11.5. The van der Waals surface area contributed by atoms with Crippen LogP contribution >= 0.6 is 0 Å². The van der Waals surface area contributed by atoms with Crippen molar-refractivity contribution in [1.82, 2.24) is 15.3 Å². The van der Waals surface area contributed by atoms with Crippen molar-refractivity contribution in [2.75, 3.05) is 5.32 Å². The van der Waals surface area contributed by atoms with Crippen LogP contribution in [0.1, 0.15) is 51.0 Å². The van der Waals surface area contributed by atoms with Gasteiger partial charge in [-0.2, -0.15) is 0 Å². The first kappa shape index (κ1) is 14.4. The maximum Gasteiger partial charge on any atom is 0.271 e. The van der Waals surface area contributed by atoms with Gasteiger partial charge in [0.05, 0.1) is 12.4 Å². The second kappa shape index (κ2) is 6.93. The summed E-state index contributed by atoms with van der Waals surface area (Å²) in [7, 11) is 0. The van der Waals surface area contributed by atoms with Crippen LogP contribution in [0.5, 0.6) is 0 Å². The maximum absolute atomic E-state index is 11.8. The van der Waals surface area contributed by atoms with Gasteiger partial charge in [-0.05, 0) is 26.7 Å². The van der Waals surface area contributed by atoms with Crippen molar-refractivity contribution < 1.29 is 4.79 Å². The van der Waals surface area contributed by atoms with E-state index in [0.29, 0.717) is 17.6 Å². The molecule has 0 bridgehead atoms. The second-order valence-electron chi connectivity index (χ2n) is 4.52. The van der Waals surface area contributed by atoms with Crippen LogP contribution in [0.25, 0.3) is 0 Å². The summed E-state index contributed by atoms with van der Waals surface area (Å²) in [4.78, 5) is 20.1. The van der Waals surface area contributed by atoms with Gasteiger partial charge in [-0.25, -0.2) is 9.97 Å². The summed E-state index contributed by atoms with van der Waals surface area (Å²) in [5.74, 6) is 0.524. The highest BCUT2D eigenvalue weighted by molar-refractivity contribution is 5.92. The molecule has 0 aliphatic rings. The molecule has 0 aliphatic carbocycles. The molecule has 0 saturated heterocycles. The minimum absolute atomic E-state index is 0.150. The molecule has 5 nitrogen and oxygen atoms in total. The Morgan fingerprint density at radius 3 is 2.33 bits per heavy atom. The highest BCUT2D eigenvalue weighted by atomic mass is 16.1. The zero-order chi connectivity index (χ0) is 13.5. The lowest BCUT2D eigenvalue weighted by molar-refractivity contribution is 0.0934. The molecule has 1 amide bonds. The van der Waals surface area contributed by atoms with Crippen LogP contribution in [-0.2, 0) is 0 Å². The number of amides is 1. The molecule has 0 radical (unpaired) electrons. The van der Waals surface area contributed by atoms with Crippen LogP contribution in [0.3, 0.4) is 0 Å². The Bertz CT molecular complexity index is 377. The minimum atomic E-state index is -0.174. The Labute approximate surface area is 108 Å². The van der Waals surface area contributed by atoms with Gasteiger partial charge in [0.1, 0.15) is 11.5 Å². The standard InChI is InChI=1S/C13H22N4O/c1-5-9(3)16-12-8-14-11(7-15-12)13(18)17-10(4)6-2/h7-10H,5-6H2,1-4H3,(H,15,16)(H,17,18). The number of rotatable bonds is 6. The van der Waals surface area contributed by atoms with E-state index in [-0.39, 0.29) is 11.9 Å². The number of carbonyl (C=O) groups is 1. The molecule has 5 heteroatoms. The van der Waals surface area contributed by atoms with E-state index in [1.165, 1.54) is 6.20 Å². The average molecular weight is 250 g/mol. The Kier molecular flexibility index (Phi) is 5.55. The summed E-state index contributed by atoms with van der Waals surface area (Å²) < 4.78 is 0. The fourth-order valence-corrected chi connectivity index (χ4v) is 1.27. The second-order valence-corrected chi connectivity index (χ2v) is 4.52. The van der Waals surface area contributed by atoms with E-state index in [1.807, 2.05) is 13.8 Å². The van der Waals surface area contributed by atoms with Gasteiger partial charge in [-0.15, -0.1) is 0 Å². The number of carbonyl (C=O) groups excluding carboxylic acids is 1. The highest BCUT2D eigenvalue weighted by Gasteiger charge is 2.10. The summed E-state index contributed by atoms with van der Waals surface area (Å²) >= 11 is 0. The van der Waals surface area contributed by atoms with E-state index in [9.17, 15) is 4.79 Å². The normalized spacial score (nSPS) is 13.8. The zero-order valence-corrected chi connectivity index (χ0v) is 11.5. The first-order valence-corrected chi connectivity index (χ1v) is 6.46. The van der Waals surface area contributed by atoms with E-state index < -0.39 is 0 Å². The van der Waals surface area contributed by atoms with Gasteiger partial charge in [0.15, 0.2) is 0 Å². The summed E-state index contributed by atoms with van der Waals surface area (Å²) in [5, 5.41) is 6.06. The Balaban J connectivity index is 2.62. The van der Waals surface area contributed by atoms with Gasteiger partial charge in [0.25, 0.3) is 5.91 Å². The SMILES string of the molecule is CCC(C)NC(=O)c1cnc(NC(C)CC)cn1. The van der Waals surface area contributed by atoms with E-state index in [4.69, 9.17) is 0 Å². The quantitative estimate of drug-likeness (QED) is 0.812. The van der Waals surface area contributed by atoms with Gasteiger partial charge in [-0.3, -0.25) is 4.79 Å². The van der Waals surface area contributed by atoms with Crippen molar-refractivity contribution in [2.45, 2.75) is 52.6 Å². The van der Waals surface area contributed by atoms with Crippen molar-refractivity contribution in [1.29, 1.82) is 0 Å². The Morgan fingerprint density at radius 2 is 1.83 bits per heavy atom. The predicted molar refractivity (Wildman–Crippen MR) is 72.6 cm³/mol. The van der Waals surface area contributed by atoms with Gasteiger partial charge < -0.3 is 10.6 Å². The number of hydrogen-bond donors (Lipinski definition) is 2. The fraction of sp³-hybridized carbons (Fsp3) is 0.615. The molecule has 0 spiro atoms. The number of nitrogens with one attached hydrogen (secondary N) is 2. The van der Waals surface area contributed by atoms with Gasteiger partial charge in [0.2, 0.25) is 0 Å². The molecule has 0 aromatic carbocycles. The third-order valence-electron chi connectivity index (χ3n) is 2.88. The van der Waals surface area contributed by atoms with Crippen molar-refractivity contribution >= 4 is 11.7 Å². The van der Waals surface area contributed by atoms with E-state index in [2.05, 4.69) is 34.4 Å². The molecule has 0 fully saturated rings. The molecule has 1 rings (SSSR count). The molecule has 18 heavy (non-hydrogen) atoms. The summed E-state index contributed by atoms with van der Waals surface area (Å²) in [6.45, 7) is 8.16. The van der Waals surface area contributed by atoms with Crippen molar-refractivity contribution in [3.8, 4) is 0 Å². The molecule has 2 atom stereocenters. The first-order valence-electron chi connectivity index (χ1n) is 6.46. The largest absolute Gasteiger partial charge is 0.366 e. The number of aromatic nitrogens is 2. The number of anilines is 1. The van der Waals surface area contributed by atoms with Gasteiger partial charge >= 0.3 is 0 Å². The van der Waals surface area contributed by atoms with Gasteiger partial charge in [-0.1, -0.05) is 13.8 Å². The van der Waals surface area contributed by atoms with Crippen LogP contribution in [0.4, 0.5) is 5.82 Å². The van der Waals surface area contributed by atoms with Crippen LogP contribution in [-0.4, -0.2) is 28.0 Å². The number of hydrogen-bond acceptors (Lipinski definition) is 4. The van der Waals surface area contributed by atoms with Gasteiger partial charge in [0, 0.05) is 12.1 Å². The molecule has 1 aromatic heterocycles. The first-order chi connectivity index (χ1) is 8.56. The molecule has 0 aliphatic heterocycles. The monoisotopic (exact) mass is 250 g/mol. The minimum Gasteiger partial charge on any atom is -0.366 e. The molecule has 100 valence electrons. The molecule has 1 heterocycles. The topological polar surface area (TPSA) is 66.9 Å². The van der Waals surface area contributed by atoms with Crippen molar-refractivity contribution in [2.24, 2.45) is 0 Å². The highest BCUT2D eigenvalue weighted by Crippen LogP contribution is 2.05. The van der Waals surface area contributed by atoms with Crippen LogP contribution in [0.15, 0.2) is 12.4 Å². The van der Waals surface area contributed by atoms with E-state index >= 15 is 0 Å². The summed E-state index contributed by atoms with van der Waals surface area (Å²) in [5.41, 5.74) is 0.352. The molecule has 1 aromatic rings. The van der Waals surface area contributed by atoms with E-state index in [0.717, 1.165) is 12.8 Å². The molecule has 2 N–H and O–H groups in total. The average Bonchev–Trinajstić information content (AvgIpc) is 2.39.